The van der Waals surface area contributed by atoms with Crippen LogP contribution in [0.3, 0.4) is 0 Å². The fourth-order valence-electron chi connectivity index (χ4n) is 3.96. The second kappa shape index (κ2) is 8.77. The predicted octanol–water partition coefficient (Wildman–Crippen LogP) is 3.70. The first-order chi connectivity index (χ1) is 14.2. The van der Waals surface area contributed by atoms with Crippen LogP contribution in [0.5, 0.6) is 0 Å². The van der Waals surface area contributed by atoms with Crippen LogP contribution in [0.15, 0.2) is 91.0 Å². The maximum Gasteiger partial charge on any atom is 0.238 e. The van der Waals surface area contributed by atoms with E-state index in [0.29, 0.717) is 19.5 Å². The summed E-state index contributed by atoms with van der Waals surface area (Å²) < 4.78 is 16.5. The van der Waals surface area contributed by atoms with Crippen molar-refractivity contribution in [1.29, 1.82) is 0 Å². The number of nitrogens with zero attached hydrogens (tertiary/aromatic N) is 1. The quantitative estimate of drug-likeness (QED) is 0.638. The van der Waals surface area contributed by atoms with Crippen molar-refractivity contribution >= 4 is 23.8 Å². The van der Waals surface area contributed by atoms with Crippen LogP contribution in [0.25, 0.3) is 0 Å². The molecule has 4 rings (SSSR count). The van der Waals surface area contributed by atoms with Gasteiger partial charge in [0.15, 0.2) is 0 Å². The smallest absolute Gasteiger partial charge is 0.238 e. The van der Waals surface area contributed by atoms with Gasteiger partial charge in [0.05, 0.1) is 6.04 Å². The molecule has 0 aromatic heterocycles. The fourth-order valence-corrected chi connectivity index (χ4v) is 7.04. The maximum atomic E-state index is 14.6. The minimum atomic E-state index is -3.10. The van der Waals surface area contributed by atoms with Crippen LogP contribution < -0.4 is 15.9 Å². The average molecular weight is 404 g/mol. The van der Waals surface area contributed by atoms with E-state index >= 15 is 0 Å². The van der Waals surface area contributed by atoms with Gasteiger partial charge in [-0.05, 0) is 42.7 Å². The van der Waals surface area contributed by atoms with Crippen molar-refractivity contribution < 1.29 is 9.36 Å². The van der Waals surface area contributed by atoms with Gasteiger partial charge in [0, 0.05) is 23.7 Å². The Labute approximate surface area is 172 Å². The zero-order chi connectivity index (χ0) is 20.1. The summed E-state index contributed by atoms with van der Waals surface area (Å²) in [6, 6.07) is 28.6. The number of nitrogens with one attached hydrogen (secondary N) is 1. The Morgan fingerprint density at radius 1 is 0.862 bits per heavy atom. The zero-order valence-electron chi connectivity index (χ0n) is 16.3. The predicted molar refractivity (Wildman–Crippen MR) is 118 cm³/mol. The molecule has 0 saturated carbocycles. The van der Waals surface area contributed by atoms with Gasteiger partial charge in [-0.1, -0.05) is 66.7 Å². The molecule has 1 saturated heterocycles. The molecular weight excluding hydrogens is 379 g/mol. The molecule has 1 aliphatic heterocycles. The maximum absolute atomic E-state index is 14.6. The van der Waals surface area contributed by atoms with Crippen molar-refractivity contribution in [2.24, 2.45) is 0 Å². The Morgan fingerprint density at radius 2 is 1.38 bits per heavy atom. The summed E-state index contributed by atoms with van der Waals surface area (Å²) >= 11 is 0. The molecule has 3 aromatic carbocycles. The van der Waals surface area contributed by atoms with E-state index < -0.39 is 13.3 Å². The first-order valence-electron chi connectivity index (χ1n) is 9.99. The standard InChI is InChI=1S/C24H25N2O2P/c27-24(25-19-20-11-4-1-5-12-20)23-17-10-18-26(23)29(28,21-13-6-2-7-14-21)22-15-8-3-9-16-22/h1-9,11-16,23H,10,17-19H2,(H,25,27)/t23-/m0/s1. The summed E-state index contributed by atoms with van der Waals surface area (Å²) in [5.41, 5.74) is 1.06. The van der Waals surface area contributed by atoms with E-state index in [1.807, 2.05) is 95.7 Å². The lowest BCUT2D eigenvalue weighted by Gasteiger charge is -2.33. The van der Waals surface area contributed by atoms with E-state index in [4.69, 9.17) is 0 Å². The lowest BCUT2D eigenvalue weighted by molar-refractivity contribution is -0.124. The number of hydrogen-bond donors (Lipinski definition) is 1. The Hall–Kier alpha value is -2.68. The van der Waals surface area contributed by atoms with Gasteiger partial charge in [-0.25, -0.2) is 4.67 Å². The second-order valence-corrected chi connectivity index (χ2v) is 9.97. The van der Waals surface area contributed by atoms with Gasteiger partial charge in [-0.2, -0.15) is 0 Å². The highest BCUT2D eigenvalue weighted by Crippen LogP contribution is 2.51. The van der Waals surface area contributed by atoms with E-state index in [1.165, 1.54) is 0 Å². The van der Waals surface area contributed by atoms with Gasteiger partial charge in [0.2, 0.25) is 13.2 Å². The number of carbonyl (C=O) groups excluding carboxylic acids is 1. The van der Waals surface area contributed by atoms with Crippen molar-refractivity contribution in [1.82, 2.24) is 9.99 Å². The summed E-state index contributed by atoms with van der Waals surface area (Å²) in [7, 11) is -3.10. The molecule has 1 atom stereocenters. The van der Waals surface area contributed by atoms with Gasteiger partial charge < -0.3 is 5.32 Å². The molecule has 0 unspecified atom stereocenters. The molecule has 1 heterocycles. The lowest BCUT2D eigenvalue weighted by Crippen LogP contribution is -2.44. The Kier molecular flexibility index (Phi) is 5.94. The van der Waals surface area contributed by atoms with E-state index in [-0.39, 0.29) is 5.91 Å². The minimum absolute atomic E-state index is 0.0570. The van der Waals surface area contributed by atoms with Crippen molar-refractivity contribution in [2.45, 2.75) is 25.4 Å². The molecule has 0 aliphatic carbocycles. The van der Waals surface area contributed by atoms with Crippen molar-refractivity contribution in [3.8, 4) is 0 Å². The second-order valence-electron chi connectivity index (χ2n) is 7.27. The first-order valence-corrected chi connectivity index (χ1v) is 11.7. The topological polar surface area (TPSA) is 49.4 Å². The monoisotopic (exact) mass is 404 g/mol. The summed E-state index contributed by atoms with van der Waals surface area (Å²) in [5, 5.41) is 4.59. The molecule has 1 aliphatic rings. The zero-order valence-corrected chi connectivity index (χ0v) is 17.2. The fraction of sp³-hybridized carbons (Fsp3) is 0.208. The third-order valence-electron chi connectivity index (χ3n) is 5.41. The molecule has 1 amide bonds. The highest BCUT2D eigenvalue weighted by Gasteiger charge is 2.44. The van der Waals surface area contributed by atoms with Crippen LogP contribution >= 0.6 is 7.29 Å². The van der Waals surface area contributed by atoms with Gasteiger partial charge in [-0.15, -0.1) is 0 Å². The summed E-state index contributed by atoms with van der Waals surface area (Å²) in [6.45, 7) is 1.12. The molecule has 0 spiro atoms. The third kappa shape index (κ3) is 4.05. The van der Waals surface area contributed by atoms with Gasteiger partial charge in [0.1, 0.15) is 0 Å². The Bertz CT molecular complexity index is 950. The normalized spacial score (nSPS) is 17.2. The molecule has 0 radical (unpaired) electrons. The molecule has 0 bridgehead atoms. The lowest BCUT2D eigenvalue weighted by atomic mass is 10.2. The molecule has 29 heavy (non-hydrogen) atoms. The van der Waals surface area contributed by atoms with Gasteiger partial charge >= 0.3 is 0 Å². The molecular formula is C24H25N2O2P. The highest BCUT2D eigenvalue weighted by molar-refractivity contribution is 7.76. The highest BCUT2D eigenvalue weighted by atomic mass is 31.2. The molecule has 5 heteroatoms. The third-order valence-corrected chi connectivity index (χ3v) is 8.61. The summed E-state index contributed by atoms with van der Waals surface area (Å²) in [4.78, 5) is 13.1. The van der Waals surface area contributed by atoms with Crippen molar-refractivity contribution in [3.63, 3.8) is 0 Å². The Balaban J connectivity index is 1.64. The van der Waals surface area contributed by atoms with Crippen LogP contribution in [0.1, 0.15) is 18.4 Å². The number of rotatable bonds is 6. The van der Waals surface area contributed by atoms with E-state index in [0.717, 1.165) is 22.6 Å². The van der Waals surface area contributed by atoms with Gasteiger partial charge in [0.25, 0.3) is 0 Å². The SMILES string of the molecule is O=C(NCc1ccccc1)[C@@H]1CCCN1P(=O)(c1ccccc1)c1ccccc1. The van der Waals surface area contributed by atoms with Crippen LogP contribution in [-0.2, 0) is 15.9 Å². The average Bonchev–Trinajstić information content (AvgIpc) is 3.29. The van der Waals surface area contributed by atoms with Gasteiger partial charge in [-0.3, -0.25) is 9.36 Å². The van der Waals surface area contributed by atoms with Crippen molar-refractivity contribution in [3.05, 3.63) is 96.6 Å². The van der Waals surface area contributed by atoms with Crippen LogP contribution in [0.2, 0.25) is 0 Å². The molecule has 1 fully saturated rings. The first kappa shape index (κ1) is 19.6. The summed E-state index contributed by atoms with van der Waals surface area (Å²) in [5.74, 6) is -0.0570. The van der Waals surface area contributed by atoms with Crippen LogP contribution in [0, 0.1) is 0 Å². The summed E-state index contributed by atoms with van der Waals surface area (Å²) in [6.07, 6.45) is 1.57. The minimum Gasteiger partial charge on any atom is -0.351 e. The molecule has 4 nitrogen and oxygen atoms in total. The van der Waals surface area contributed by atoms with E-state index in [2.05, 4.69) is 5.32 Å². The van der Waals surface area contributed by atoms with E-state index in [9.17, 15) is 9.36 Å². The van der Waals surface area contributed by atoms with Crippen LogP contribution in [-0.4, -0.2) is 23.2 Å². The molecule has 1 N–H and O–H groups in total. The number of amides is 1. The largest absolute Gasteiger partial charge is 0.351 e. The van der Waals surface area contributed by atoms with Crippen molar-refractivity contribution in [2.75, 3.05) is 6.54 Å². The number of hydrogen-bond acceptors (Lipinski definition) is 2. The molecule has 148 valence electrons. The molecule has 3 aromatic rings. The Morgan fingerprint density at radius 3 is 1.93 bits per heavy atom. The number of benzene rings is 3. The number of carbonyl (C=O) groups is 1. The van der Waals surface area contributed by atoms with E-state index in [1.54, 1.807) is 0 Å². The van der Waals surface area contributed by atoms with Crippen LogP contribution in [0.4, 0.5) is 0 Å².